The van der Waals surface area contributed by atoms with E-state index in [1.165, 1.54) is 0 Å². The molecule has 2 rings (SSSR count). The highest BCUT2D eigenvalue weighted by Crippen LogP contribution is 2.14. The molecule has 0 saturated heterocycles. The number of hydrogen-bond donors (Lipinski definition) is 3. The summed E-state index contributed by atoms with van der Waals surface area (Å²) in [5.41, 5.74) is 1.49. The summed E-state index contributed by atoms with van der Waals surface area (Å²) in [6, 6.07) is 6.78. The van der Waals surface area contributed by atoms with Crippen molar-refractivity contribution in [1.82, 2.24) is 10.3 Å². The smallest absolute Gasteiger partial charge is 0.308 e. The van der Waals surface area contributed by atoms with Crippen LogP contribution in [0.1, 0.15) is 24.2 Å². The minimum Gasteiger partial charge on any atom is -0.481 e. The van der Waals surface area contributed by atoms with E-state index in [-0.39, 0.29) is 5.91 Å². The molecule has 0 unspecified atom stereocenters. The van der Waals surface area contributed by atoms with Crippen LogP contribution in [0, 0.1) is 5.92 Å². The SMILES string of the molecule is C[C@H](NC(=O)c1ccc2[nH]ccc2c1)[C@@H](C)C(=O)O. The molecule has 1 amide bonds. The molecule has 1 heterocycles. The van der Waals surface area contributed by atoms with Gasteiger partial charge < -0.3 is 15.4 Å². The van der Waals surface area contributed by atoms with Gasteiger partial charge in [-0.3, -0.25) is 9.59 Å². The molecule has 0 aliphatic heterocycles. The molecule has 0 aliphatic carbocycles. The molecule has 0 radical (unpaired) electrons. The maximum absolute atomic E-state index is 12.0. The van der Waals surface area contributed by atoms with E-state index < -0.39 is 17.9 Å². The maximum Gasteiger partial charge on any atom is 0.308 e. The first kappa shape index (κ1) is 13.1. The first-order valence-electron chi connectivity index (χ1n) is 6.10. The number of amides is 1. The molecule has 2 atom stereocenters. The monoisotopic (exact) mass is 260 g/mol. The van der Waals surface area contributed by atoms with Gasteiger partial charge in [-0.25, -0.2) is 0 Å². The van der Waals surface area contributed by atoms with Gasteiger partial charge in [0, 0.05) is 28.7 Å². The number of fused-ring (bicyclic) bond motifs is 1. The summed E-state index contributed by atoms with van der Waals surface area (Å²) in [5, 5.41) is 12.5. The van der Waals surface area contributed by atoms with Crippen molar-refractivity contribution in [3.8, 4) is 0 Å². The number of aromatic amines is 1. The highest BCUT2D eigenvalue weighted by molar-refractivity contribution is 5.98. The van der Waals surface area contributed by atoms with Gasteiger partial charge in [0.1, 0.15) is 0 Å². The maximum atomic E-state index is 12.0. The van der Waals surface area contributed by atoms with Gasteiger partial charge in [-0.2, -0.15) is 0 Å². The van der Waals surface area contributed by atoms with Crippen molar-refractivity contribution in [2.75, 3.05) is 0 Å². The van der Waals surface area contributed by atoms with Crippen LogP contribution in [0.5, 0.6) is 0 Å². The summed E-state index contributed by atoms with van der Waals surface area (Å²) < 4.78 is 0. The highest BCUT2D eigenvalue weighted by Gasteiger charge is 2.21. The molecule has 1 aromatic carbocycles. The molecule has 0 fully saturated rings. The summed E-state index contributed by atoms with van der Waals surface area (Å²) >= 11 is 0. The Balaban J connectivity index is 2.13. The minimum absolute atomic E-state index is 0.260. The van der Waals surface area contributed by atoms with E-state index in [2.05, 4.69) is 10.3 Å². The van der Waals surface area contributed by atoms with Gasteiger partial charge in [-0.05, 0) is 38.1 Å². The third-order valence-corrected chi connectivity index (χ3v) is 3.31. The number of carboxylic acid groups (broad SMARTS) is 1. The lowest BCUT2D eigenvalue weighted by Crippen LogP contribution is -2.40. The third kappa shape index (κ3) is 2.76. The zero-order valence-electron chi connectivity index (χ0n) is 10.8. The molecule has 3 N–H and O–H groups in total. The van der Waals surface area contributed by atoms with Crippen LogP contribution in [-0.4, -0.2) is 28.0 Å². The Hall–Kier alpha value is -2.30. The Bertz CT molecular complexity index is 618. The van der Waals surface area contributed by atoms with Crippen LogP contribution < -0.4 is 5.32 Å². The topological polar surface area (TPSA) is 82.2 Å². The fraction of sp³-hybridized carbons (Fsp3) is 0.286. The zero-order chi connectivity index (χ0) is 14.0. The molecule has 100 valence electrons. The lowest BCUT2D eigenvalue weighted by atomic mass is 10.0. The molecule has 0 bridgehead atoms. The van der Waals surface area contributed by atoms with Crippen LogP contribution in [-0.2, 0) is 4.79 Å². The van der Waals surface area contributed by atoms with E-state index in [9.17, 15) is 9.59 Å². The molecule has 19 heavy (non-hydrogen) atoms. The quantitative estimate of drug-likeness (QED) is 0.786. The fourth-order valence-electron chi connectivity index (χ4n) is 1.82. The van der Waals surface area contributed by atoms with Crippen LogP contribution >= 0.6 is 0 Å². The number of rotatable bonds is 4. The molecule has 5 nitrogen and oxygen atoms in total. The average molecular weight is 260 g/mol. The summed E-state index contributed by atoms with van der Waals surface area (Å²) in [4.78, 5) is 25.9. The second-order valence-corrected chi connectivity index (χ2v) is 4.67. The number of carbonyl (C=O) groups excluding carboxylic acids is 1. The molecule has 0 spiro atoms. The predicted octanol–water partition coefficient (Wildman–Crippen LogP) is 2.01. The molecule has 0 aliphatic rings. The fourth-order valence-corrected chi connectivity index (χ4v) is 1.82. The number of carboxylic acids is 1. The van der Waals surface area contributed by atoms with Crippen molar-refractivity contribution < 1.29 is 14.7 Å². The second kappa shape index (κ2) is 5.14. The van der Waals surface area contributed by atoms with Crippen LogP contribution in [0.25, 0.3) is 10.9 Å². The van der Waals surface area contributed by atoms with Gasteiger partial charge >= 0.3 is 5.97 Å². The minimum atomic E-state index is -0.922. The average Bonchev–Trinajstić information content (AvgIpc) is 2.84. The summed E-state index contributed by atoms with van der Waals surface area (Å²) in [6.07, 6.45) is 1.81. The van der Waals surface area contributed by atoms with Crippen molar-refractivity contribution in [2.45, 2.75) is 19.9 Å². The van der Waals surface area contributed by atoms with Gasteiger partial charge in [-0.1, -0.05) is 0 Å². The standard InChI is InChI=1S/C14H16N2O3/c1-8(14(18)19)9(2)16-13(17)11-3-4-12-10(7-11)5-6-15-12/h3-9,15H,1-2H3,(H,16,17)(H,18,19)/t8-,9+/m1/s1. The highest BCUT2D eigenvalue weighted by atomic mass is 16.4. The lowest BCUT2D eigenvalue weighted by molar-refractivity contribution is -0.141. The number of H-pyrrole nitrogens is 1. The summed E-state index contributed by atoms with van der Waals surface area (Å²) in [7, 11) is 0. The van der Waals surface area contributed by atoms with Crippen molar-refractivity contribution in [1.29, 1.82) is 0 Å². The number of benzene rings is 1. The number of aromatic nitrogens is 1. The summed E-state index contributed by atoms with van der Waals surface area (Å²) in [5.74, 6) is -1.81. The van der Waals surface area contributed by atoms with Crippen LogP contribution in [0.2, 0.25) is 0 Å². The molecule has 0 saturated carbocycles. The number of carbonyl (C=O) groups is 2. The molecule has 5 heteroatoms. The molecule has 2 aromatic rings. The van der Waals surface area contributed by atoms with Gasteiger partial charge in [0.25, 0.3) is 5.91 Å². The van der Waals surface area contributed by atoms with Gasteiger partial charge in [0.05, 0.1) is 5.92 Å². The van der Waals surface area contributed by atoms with E-state index in [4.69, 9.17) is 5.11 Å². The first-order chi connectivity index (χ1) is 8.99. The molecular formula is C14H16N2O3. The first-order valence-corrected chi connectivity index (χ1v) is 6.10. The Kier molecular flexibility index (Phi) is 3.55. The van der Waals surface area contributed by atoms with Gasteiger partial charge in [0.2, 0.25) is 0 Å². The third-order valence-electron chi connectivity index (χ3n) is 3.31. The number of nitrogens with one attached hydrogen (secondary N) is 2. The van der Waals surface area contributed by atoms with Crippen LogP contribution in [0.4, 0.5) is 0 Å². The molecule has 1 aromatic heterocycles. The Morgan fingerprint density at radius 3 is 2.68 bits per heavy atom. The van der Waals surface area contributed by atoms with Crippen molar-refractivity contribution in [3.05, 3.63) is 36.0 Å². The van der Waals surface area contributed by atoms with E-state index in [0.717, 1.165) is 10.9 Å². The van der Waals surface area contributed by atoms with Crippen molar-refractivity contribution in [2.24, 2.45) is 5.92 Å². The van der Waals surface area contributed by atoms with Crippen molar-refractivity contribution >= 4 is 22.8 Å². The van der Waals surface area contributed by atoms with Crippen LogP contribution in [0.3, 0.4) is 0 Å². The van der Waals surface area contributed by atoms with E-state index >= 15 is 0 Å². The van der Waals surface area contributed by atoms with Crippen LogP contribution in [0.15, 0.2) is 30.5 Å². The van der Waals surface area contributed by atoms with E-state index in [1.54, 1.807) is 26.0 Å². The van der Waals surface area contributed by atoms with Gasteiger partial charge in [-0.15, -0.1) is 0 Å². The van der Waals surface area contributed by atoms with Gasteiger partial charge in [0.15, 0.2) is 0 Å². The number of hydrogen-bond acceptors (Lipinski definition) is 2. The molecular weight excluding hydrogens is 244 g/mol. The Morgan fingerprint density at radius 2 is 2.00 bits per heavy atom. The lowest BCUT2D eigenvalue weighted by Gasteiger charge is -2.17. The zero-order valence-corrected chi connectivity index (χ0v) is 10.8. The van der Waals surface area contributed by atoms with E-state index in [1.807, 2.05) is 18.3 Å². The Labute approximate surface area is 110 Å². The van der Waals surface area contributed by atoms with E-state index in [0.29, 0.717) is 5.56 Å². The van der Waals surface area contributed by atoms with Crippen molar-refractivity contribution in [3.63, 3.8) is 0 Å². The Morgan fingerprint density at radius 1 is 1.26 bits per heavy atom. The second-order valence-electron chi connectivity index (χ2n) is 4.67. The number of aliphatic carboxylic acids is 1. The summed E-state index contributed by atoms with van der Waals surface area (Å²) in [6.45, 7) is 3.26. The predicted molar refractivity (Wildman–Crippen MR) is 72.0 cm³/mol. The normalized spacial score (nSPS) is 14.0. The largest absolute Gasteiger partial charge is 0.481 e.